The zero-order valence-corrected chi connectivity index (χ0v) is 14.9. The van der Waals surface area contributed by atoms with Crippen LogP contribution in [-0.4, -0.2) is 10.9 Å². The summed E-state index contributed by atoms with van der Waals surface area (Å²) in [6.07, 6.45) is 3.84. The number of aromatic nitrogens is 1. The Bertz CT molecular complexity index is 964. The van der Waals surface area contributed by atoms with Crippen molar-refractivity contribution < 1.29 is 4.79 Å². The van der Waals surface area contributed by atoms with Gasteiger partial charge in [0.15, 0.2) is 0 Å². The van der Waals surface area contributed by atoms with Gasteiger partial charge < -0.3 is 5.32 Å². The third-order valence-electron chi connectivity index (χ3n) is 4.82. The highest BCUT2D eigenvalue weighted by molar-refractivity contribution is 6.31. The van der Waals surface area contributed by atoms with Crippen LogP contribution in [0.5, 0.6) is 0 Å². The van der Waals surface area contributed by atoms with Crippen molar-refractivity contribution in [1.82, 2.24) is 4.98 Å². The molecule has 0 atom stereocenters. The first-order valence-corrected chi connectivity index (χ1v) is 9.05. The maximum Gasteiger partial charge on any atom is 0.256 e. The lowest BCUT2D eigenvalue weighted by Gasteiger charge is -2.13. The summed E-state index contributed by atoms with van der Waals surface area (Å²) in [6.45, 7) is 2.11. The van der Waals surface area contributed by atoms with Gasteiger partial charge in [0.25, 0.3) is 5.91 Å². The summed E-state index contributed by atoms with van der Waals surface area (Å²) in [4.78, 5) is 17.8. The molecule has 3 aromatic rings. The van der Waals surface area contributed by atoms with Gasteiger partial charge in [-0.15, -0.1) is 0 Å². The third kappa shape index (κ3) is 3.00. The van der Waals surface area contributed by atoms with Crippen molar-refractivity contribution in [2.75, 3.05) is 5.32 Å². The van der Waals surface area contributed by atoms with Crippen LogP contribution in [0.15, 0.2) is 42.5 Å². The van der Waals surface area contributed by atoms with E-state index in [1.54, 1.807) is 0 Å². The van der Waals surface area contributed by atoms with E-state index in [9.17, 15) is 4.79 Å². The van der Waals surface area contributed by atoms with Crippen molar-refractivity contribution in [1.29, 1.82) is 0 Å². The number of halogens is 1. The zero-order chi connectivity index (χ0) is 17.4. The number of carbonyl (C=O) groups excluding carboxylic acids is 1. The molecule has 126 valence electrons. The molecule has 3 nitrogen and oxygen atoms in total. The van der Waals surface area contributed by atoms with Gasteiger partial charge in [-0.25, -0.2) is 0 Å². The number of benzene rings is 2. The molecule has 1 heterocycles. The minimum atomic E-state index is -0.0861. The van der Waals surface area contributed by atoms with E-state index in [4.69, 9.17) is 16.6 Å². The Labute approximate surface area is 152 Å². The number of nitrogens with one attached hydrogen (secondary N) is 1. The van der Waals surface area contributed by atoms with E-state index in [1.165, 1.54) is 5.56 Å². The predicted molar refractivity (Wildman–Crippen MR) is 103 cm³/mol. The van der Waals surface area contributed by atoms with Crippen molar-refractivity contribution in [3.8, 4) is 0 Å². The molecule has 4 rings (SSSR count). The Kier molecular flexibility index (Phi) is 4.18. The van der Waals surface area contributed by atoms with Crippen LogP contribution in [0.2, 0.25) is 5.02 Å². The Morgan fingerprint density at radius 1 is 1.16 bits per heavy atom. The minimum Gasteiger partial charge on any atom is -0.322 e. The van der Waals surface area contributed by atoms with Crippen LogP contribution < -0.4 is 5.32 Å². The highest BCUT2D eigenvalue weighted by atomic mass is 35.5. The average Bonchev–Trinajstić information content (AvgIpc) is 3.08. The molecule has 1 aliphatic rings. The number of aryl methyl sites for hydroxylation is 2. The summed E-state index contributed by atoms with van der Waals surface area (Å²) in [7, 11) is 0. The maximum atomic E-state index is 13.1. The van der Waals surface area contributed by atoms with E-state index in [0.29, 0.717) is 5.02 Å². The normalized spacial score (nSPS) is 13.0. The van der Waals surface area contributed by atoms with Gasteiger partial charge in [0.1, 0.15) is 0 Å². The van der Waals surface area contributed by atoms with Gasteiger partial charge in [0, 0.05) is 21.8 Å². The number of nitrogens with zero attached hydrogens (tertiary/aromatic N) is 1. The summed E-state index contributed by atoms with van der Waals surface area (Å²) in [6, 6.07) is 13.5. The van der Waals surface area contributed by atoms with E-state index in [-0.39, 0.29) is 5.91 Å². The van der Waals surface area contributed by atoms with Crippen molar-refractivity contribution in [2.45, 2.75) is 32.6 Å². The molecule has 0 spiro atoms. The second kappa shape index (κ2) is 6.49. The predicted octanol–water partition coefficient (Wildman–Crippen LogP) is 5.19. The van der Waals surface area contributed by atoms with Gasteiger partial charge in [0.2, 0.25) is 0 Å². The van der Waals surface area contributed by atoms with Crippen molar-refractivity contribution in [3.63, 3.8) is 0 Å². The van der Waals surface area contributed by atoms with Crippen LogP contribution >= 0.6 is 11.6 Å². The highest BCUT2D eigenvalue weighted by Crippen LogP contribution is 2.32. The summed E-state index contributed by atoms with van der Waals surface area (Å²) in [5, 5.41) is 4.49. The third-order valence-corrected chi connectivity index (χ3v) is 5.06. The quantitative estimate of drug-likeness (QED) is 0.706. The van der Waals surface area contributed by atoms with E-state index in [2.05, 4.69) is 12.2 Å². The number of pyridine rings is 1. The molecule has 1 amide bonds. The monoisotopic (exact) mass is 350 g/mol. The van der Waals surface area contributed by atoms with Crippen LogP contribution in [0.3, 0.4) is 0 Å². The average molecular weight is 351 g/mol. The number of hydrogen-bond acceptors (Lipinski definition) is 2. The Morgan fingerprint density at radius 3 is 2.72 bits per heavy atom. The summed E-state index contributed by atoms with van der Waals surface area (Å²) in [5.74, 6) is -0.0861. The molecule has 1 aliphatic carbocycles. The molecule has 2 aromatic carbocycles. The molecule has 1 aromatic heterocycles. The molecule has 0 saturated carbocycles. The Morgan fingerprint density at radius 2 is 1.96 bits per heavy atom. The van der Waals surface area contributed by atoms with Crippen LogP contribution in [0.4, 0.5) is 5.69 Å². The molecule has 0 bridgehead atoms. The topological polar surface area (TPSA) is 42.0 Å². The van der Waals surface area contributed by atoms with Crippen molar-refractivity contribution >= 4 is 34.1 Å². The van der Waals surface area contributed by atoms with E-state index < -0.39 is 0 Å². The SMILES string of the molecule is CCc1ccc(NC(=O)c2c3c(nc4ccc(Cl)cc24)CCC3)cc1. The molecule has 0 radical (unpaired) electrons. The number of hydrogen-bond donors (Lipinski definition) is 1. The Hall–Kier alpha value is -2.39. The molecule has 4 heteroatoms. The van der Waals surface area contributed by atoms with E-state index >= 15 is 0 Å². The first-order valence-electron chi connectivity index (χ1n) is 8.67. The summed E-state index contributed by atoms with van der Waals surface area (Å²) < 4.78 is 0. The molecule has 0 aliphatic heterocycles. The molecule has 0 unspecified atom stereocenters. The zero-order valence-electron chi connectivity index (χ0n) is 14.1. The van der Waals surface area contributed by atoms with Crippen molar-refractivity contribution in [3.05, 3.63) is 69.9 Å². The van der Waals surface area contributed by atoms with Gasteiger partial charge in [-0.2, -0.15) is 0 Å². The van der Waals surface area contributed by atoms with Crippen LogP contribution in [0.1, 0.15) is 40.5 Å². The largest absolute Gasteiger partial charge is 0.322 e. The molecule has 1 N–H and O–H groups in total. The second-order valence-corrected chi connectivity index (χ2v) is 6.87. The van der Waals surface area contributed by atoms with Crippen molar-refractivity contribution in [2.24, 2.45) is 0 Å². The lowest BCUT2D eigenvalue weighted by molar-refractivity contribution is 0.102. The first-order chi connectivity index (χ1) is 12.2. The number of amides is 1. The molecule has 0 fully saturated rings. The number of anilines is 1. The van der Waals surface area contributed by atoms with E-state index in [1.807, 2.05) is 42.5 Å². The minimum absolute atomic E-state index is 0.0861. The summed E-state index contributed by atoms with van der Waals surface area (Å²) >= 11 is 6.18. The number of rotatable bonds is 3. The fourth-order valence-corrected chi connectivity index (χ4v) is 3.68. The van der Waals surface area contributed by atoms with Crippen LogP contribution in [-0.2, 0) is 19.3 Å². The Balaban J connectivity index is 1.78. The lowest BCUT2D eigenvalue weighted by atomic mass is 10.0. The van der Waals surface area contributed by atoms with Gasteiger partial charge >= 0.3 is 0 Å². The first kappa shape index (κ1) is 16.1. The maximum absolute atomic E-state index is 13.1. The smallest absolute Gasteiger partial charge is 0.256 e. The van der Waals surface area contributed by atoms with Gasteiger partial charge in [-0.1, -0.05) is 30.7 Å². The highest BCUT2D eigenvalue weighted by Gasteiger charge is 2.24. The fraction of sp³-hybridized carbons (Fsp3) is 0.238. The van der Waals surface area contributed by atoms with Gasteiger partial charge in [-0.05, 0) is 67.1 Å². The van der Waals surface area contributed by atoms with Crippen LogP contribution in [0, 0.1) is 0 Å². The lowest BCUT2D eigenvalue weighted by Crippen LogP contribution is -2.15. The molecule has 0 saturated heterocycles. The summed E-state index contributed by atoms with van der Waals surface area (Å²) in [5.41, 5.74) is 5.72. The molecule has 25 heavy (non-hydrogen) atoms. The number of carbonyl (C=O) groups is 1. The molecular weight excluding hydrogens is 332 g/mol. The van der Waals surface area contributed by atoms with Gasteiger partial charge in [-0.3, -0.25) is 9.78 Å². The number of fused-ring (bicyclic) bond motifs is 2. The fourth-order valence-electron chi connectivity index (χ4n) is 3.51. The van der Waals surface area contributed by atoms with Gasteiger partial charge in [0.05, 0.1) is 11.1 Å². The standard InChI is InChI=1S/C21H19ClN2O/c1-2-13-6-9-15(10-7-13)23-21(25)20-16-4-3-5-18(16)24-19-11-8-14(22)12-17(19)20/h6-12H,2-5H2,1H3,(H,23,25). The van der Waals surface area contributed by atoms with Crippen LogP contribution in [0.25, 0.3) is 10.9 Å². The van der Waals surface area contributed by atoms with E-state index in [0.717, 1.165) is 59.1 Å². The molecular formula is C21H19ClN2O. The second-order valence-electron chi connectivity index (χ2n) is 6.43.